The minimum absolute atomic E-state index is 0.0588. The molecule has 1 aromatic heterocycles. The van der Waals surface area contributed by atoms with Crippen LogP contribution in [0.3, 0.4) is 0 Å². The first-order valence-electron chi connectivity index (χ1n) is 16.9. The van der Waals surface area contributed by atoms with E-state index in [0.717, 1.165) is 49.8 Å². The van der Waals surface area contributed by atoms with Crippen molar-refractivity contribution in [3.8, 4) is 56.4 Å². The molecule has 50 heavy (non-hydrogen) atoms. The van der Waals surface area contributed by atoms with E-state index in [1.54, 1.807) is 6.92 Å². The van der Waals surface area contributed by atoms with Crippen LogP contribution in [0.5, 0.6) is 23.0 Å². The summed E-state index contributed by atoms with van der Waals surface area (Å²) in [5.41, 5.74) is 10.9. The SMILES string of the molecule is Cc1c(C)c(O)c2c(-c3cccc4c3-c3ccccc3C4(C)C)c3c(C)c(O)c(O)c(C)c3c(-c3ccc4oc5ccccc5c4c3)c2c1O. The maximum Gasteiger partial charge on any atom is 0.161 e. The number of rotatable bonds is 2. The maximum absolute atomic E-state index is 12.3. The summed E-state index contributed by atoms with van der Waals surface area (Å²) in [4.78, 5) is 0. The van der Waals surface area contributed by atoms with Gasteiger partial charge in [0.25, 0.3) is 0 Å². The molecular weight excluding hydrogens is 620 g/mol. The minimum atomic E-state index is -0.279. The molecule has 0 fully saturated rings. The van der Waals surface area contributed by atoms with Crippen LogP contribution in [-0.2, 0) is 5.41 Å². The Kier molecular flexibility index (Phi) is 6.06. The molecule has 5 nitrogen and oxygen atoms in total. The molecular formula is C45H36O5. The van der Waals surface area contributed by atoms with Crippen LogP contribution >= 0.6 is 0 Å². The van der Waals surface area contributed by atoms with E-state index in [-0.39, 0.29) is 28.4 Å². The second-order valence-corrected chi connectivity index (χ2v) is 14.4. The van der Waals surface area contributed by atoms with Crippen molar-refractivity contribution in [2.75, 3.05) is 0 Å². The van der Waals surface area contributed by atoms with E-state index in [0.29, 0.717) is 54.9 Å². The molecule has 0 aliphatic heterocycles. The van der Waals surface area contributed by atoms with E-state index in [9.17, 15) is 20.4 Å². The Hall–Kier alpha value is -5.94. The fourth-order valence-corrected chi connectivity index (χ4v) is 8.70. The normalized spacial score (nSPS) is 13.5. The maximum atomic E-state index is 12.3. The Labute approximate surface area is 289 Å². The predicted octanol–water partition coefficient (Wildman–Crippen LogP) is 11.6. The Morgan fingerprint density at radius 3 is 1.74 bits per heavy atom. The third-order valence-electron chi connectivity index (χ3n) is 11.5. The molecule has 0 radical (unpaired) electrons. The van der Waals surface area contributed by atoms with Crippen molar-refractivity contribution in [2.24, 2.45) is 0 Å². The number of aryl methyl sites for hydroxylation is 2. The zero-order valence-electron chi connectivity index (χ0n) is 28.8. The molecule has 0 bridgehead atoms. The van der Waals surface area contributed by atoms with Crippen LogP contribution in [0.2, 0.25) is 0 Å². The van der Waals surface area contributed by atoms with Gasteiger partial charge in [0.1, 0.15) is 22.7 Å². The molecule has 0 unspecified atom stereocenters. The molecule has 0 amide bonds. The number of furan rings is 1. The molecule has 0 spiro atoms. The molecule has 5 heteroatoms. The van der Waals surface area contributed by atoms with E-state index in [1.807, 2.05) is 69.3 Å². The number of phenols is 4. The highest BCUT2D eigenvalue weighted by Crippen LogP contribution is 2.59. The summed E-state index contributed by atoms with van der Waals surface area (Å²) in [7, 11) is 0. The lowest BCUT2D eigenvalue weighted by Crippen LogP contribution is -2.14. The average molecular weight is 657 g/mol. The summed E-state index contributed by atoms with van der Waals surface area (Å²) in [6.45, 7) is 11.7. The quantitative estimate of drug-likeness (QED) is 0.0844. The van der Waals surface area contributed by atoms with Gasteiger partial charge in [-0.1, -0.05) is 80.6 Å². The summed E-state index contributed by atoms with van der Waals surface area (Å²) in [6.07, 6.45) is 0. The Balaban J connectivity index is 1.56. The first-order valence-corrected chi connectivity index (χ1v) is 16.9. The molecule has 246 valence electrons. The van der Waals surface area contributed by atoms with Gasteiger partial charge in [-0.3, -0.25) is 0 Å². The van der Waals surface area contributed by atoms with Crippen LogP contribution in [0.25, 0.3) is 76.9 Å². The van der Waals surface area contributed by atoms with Crippen LogP contribution in [0, 0.1) is 27.7 Å². The fourth-order valence-electron chi connectivity index (χ4n) is 8.70. The highest BCUT2D eigenvalue weighted by atomic mass is 16.3. The number of aromatic hydroxyl groups is 4. The van der Waals surface area contributed by atoms with Crippen molar-refractivity contribution >= 4 is 43.5 Å². The third kappa shape index (κ3) is 3.67. The lowest BCUT2D eigenvalue weighted by Gasteiger charge is -2.26. The average Bonchev–Trinajstić information content (AvgIpc) is 3.61. The van der Waals surface area contributed by atoms with E-state index in [1.165, 1.54) is 5.56 Å². The zero-order valence-corrected chi connectivity index (χ0v) is 28.8. The lowest BCUT2D eigenvalue weighted by molar-refractivity contribution is 0.400. The molecule has 0 saturated carbocycles. The summed E-state index contributed by atoms with van der Waals surface area (Å²) < 4.78 is 6.18. The molecule has 0 atom stereocenters. The number of benzene rings is 7. The van der Waals surface area contributed by atoms with Crippen molar-refractivity contribution < 1.29 is 24.8 Å². The number of hydrogen-bond donors (Lipinski definition) is 4. The second kappa shape index (κ2) is 10.1. The molecule has 4 N–H and O–H groups in total. The van der Waals surface area contributed by atoms with Crippen molar-refractivity contribution in [3.05, 3.63) is 118 Å². The number of para-hydroxylation sites is 1. The third-order valence-corrected chi connectivity index (χ3v) is 11.5. The highest BCUT2D eigenvalue weighted by molar-refractivity contribution is 6.28. The Morgan fingerprint density at radius 2 is 1.02 bits per heavy atom. The number of hydrogen-bond acceptors (Lipinski definition) is 5. The zero-order chi connectivity index (χ0) is 35.0. The van der Waals surface area contributed by atoms with Crippen molar-refractivity contribution in [2.45, 2.75) is 47.0 Å². The van der Waals surface area contributed by atoms with E-state index >= 15 is 0 Å². The van der Waals surface area contributed by atoms with Gasteiger partial charge in [0, 0.05) is 49.2 Å². The lowest BCUT2D eigenvalue weighted by atomic mass is 9.78. The highest BCUT2D eigenvalue weighted by Gasteiger charge is 2.38. The molecule has 1 aliphatic rings. The Bertz CT molecular complexity index is 2730. The first-order chi connectivity index (χ1) is 23.9. The van der Waals surface area contributed by atoms with Crippen LogP contribution in [0.15, 0.2) is 89.3 Å². The number of phenolic OH excluding ortho intramolecular Hbond substituents is 4. The van der Waals surface area contributed by atoms with Gasteiger partial charge in [0.05, 0.1) is 0 Å². The molecule has 9 rings (SSSR count). The number of fused-ring (bicyclic) bond motifs is 8. The van der Waals surface area contributed by atoms with Gasteiger partial charge in [-0.15, -0.1) is 0 Å². The van der Waals surface area contributed by atoms with Crippen molar-refractivity contribution in [1.29, 1.82) is 0 Å². The van der Waals surface area contributed by atoms with Crippen molar-refractivity contribution in [1.82, 2.24) is 0 Å². The predicted molar refractivity (Wildman–Crippen MR) is 203 cm³/mol. The topological polar surface area (TPSA) is 94.1 Å². The molecule has 1 heterocycles. The van der Waals surface area contributed by atoms with Gasteiger partial charge < -0.3 is 24.8 Å². The van der Waals surface area contributed by atoms with Crippen LogP contribution in [-0.4, -0.2) is 20.4 Å². The largest absolute Gasteiger partial charge is 0.507 e. The van der Waals surface area contributed by atoms with Crippen LogP contribution in [0.4, 0.5) is 0 Å². The summed E-state index contributed by atoms with van der Waals surface area (Å²) in [5.74, 6) is -0.299. The van der Waals surface area contributed by atoms with E-state index in [4.69, 9.17) is 4.42 Å². The summed E-state index contributed by atoms with van der Waals surface area (Å²) in [6, 6.07) is 28.5. The fraction of sp³-hybridized carbons (Fsp3) is 0.156. The first kappa shape index (κ1) is 30.1. The molecule has 0 saturated heterocycles. The van der Waals surface area contributed by atoms with Crippen molar-refractivity contribution in [3.63, 3.8) is 0 Å². The van der Waals surface area contributed by atoms with Gasteiger partial charge in [0.15, 0.2) is 11.5 Å². The minimum Gasteiger partial charge on any atom is -0.507 e. The summed E-state index contributed by atoms with van der Waals surface area (Å²) >= 11 is 0. The molecule has 1 aliphatic carbocycles. The van der Waals surface area contributed by atoms with Gasteiger partial charge in [-0.2, -0.15) is 0 Å². The van der Waals surface area contributed by atoms with Gasteiger partial charge in [-0.25, -0.2) is 0 Å². The molecule has 7 aromatic carbocycles. The van der Waals surface area contributed by atoms with Gasteiger partial charge in [-0.05, 0) is 101 Å². The van der Waals surface area contributed by atoms with Crippen LogP contribution < -0.4 is 0 Å². The second-order valence-electron chi connectivity index (χ2n) is 14.4. The van der Waals surface area contributed by atoms with Gasteiger partial charge >= 0.3 is 0 Å². The summed E-state index contributed by atoms with van der Waals surface area (Å²) in [5, 5.41) is 51.8. The monoisotopic (exact) mass is 656 g/mol. The van der Waals surface area contributed by atoms with E-state index in [2.05, 4.69) is 50.2 Å². The van der Waals surface area contributed by atoms with Gasteiger partial charge in [0.2, 0.25) is 0 Å². The Morgan fingerprint density at radius 1 is 0.460 bits per heavy atom. The standard InChI is InChI=1S/C45H36O5/c1-21-22(2)42(47)40-38(28-14-11-16-31-37(28)27-13-7-9-15-30(27)45(31,5)6)35-24(4)44(49)43(48)23(3)34(35)36(39(40)41(21)46)25-18-19-33-29(20-25)26-12-8-10-17-32(26)50-33/h7-20,46-49H,1-6H3. The smallest absolute Gasteiger partial charge is 0.161 e. The van der Waals surface area contributed by atoms with E-state index < -0.39 is 0 Å². The van der Waals surface area contributed by atoms with Crippen LogP contribution in [0.1, 0.15) is 47.2 Å². The molecule has 8 aromatic rings.